The van der Waals surface area contributed by atoms with E-state index in [1.54, 1.807) is 13.8 Å². The van der Waals surface area contributed by atoms with Gasteiger partial charge in [-0.15, -0.1) is 0 Å². The number of ketones is 1. The summed E-state index contributed by atoms with van der Waals surface area (Å²) < 4.78 is 0. The normalized spacial score (nSPS) is 7.15. The van der Waals surface area contributed by atoms with Crippen molar-refractivity contribution >= 4 is 17.2 Å². The number of hydrogen-bond acceptors (Lipinski definition) is 4. The van der Waals surface area contributed by atoms with E-state index in [1.165, 1.54) is 19.4 Å². The van der Waals surface area contributed by atoms with Crippen molar-refractivity contribution in [3.8, 4) is 0 Å². The molecule has 34 heavy (non-hydrogen) atoms. The molecule has 0 amide bonds. The molecule has 0 aromatic heterocycles. The number of nitrogens with one attached hydrogen (secondary N) is 2. The topological polar surface area (TPSA) is 61.4 Å². The number of aliphatic hydroxyl groups excluding tert-OH is 1. The average molecular weight is 509 g/mol. The van der Waals surface area contributed by atoms with Gasteiger partial charge in [0, 0.05) is 31.6 Å². The molecule has 0 aliphatic rings. The van der Waals surface area contributed by atoms with Crippen molar-refractivity contribution < 1.29 is 61.3 Å². The van der Waals surface area contributed by atoms with Gasteiger partial charge in [-0.25, -0.2) is 0 Å². The van der Waals surface area contributed by atoms with Crippen molar-refractivity contribution in [2.24, 2.45) is 0 Å². The summed E-state index contributed by atoms with van der Waals surface area (Å²) >= 11 is 0. The van der Waals surface area contributed by atoms with Gasteiger partial charge in [0.25, 0.3) is 0 Å². The van der Waals surface area contributed by atoms with Crippen LogP contribution in [0.1, 0.15) is 90.2 Å². The number of aliphatic hydroxyl groups is 1. The molecule has 0 saturated carbocycles. The predicted octanol–water partition coefficient (Wildman–Crippen LogP) is 6.20. The van der Waals surface area contributed by atoms with Crippen LogP contribution in [-0.4, -0.2) is 31.1 Å². The van der Waals surface area contributed by atoms with Gasteiger partial charge in [0.1, 0.15) is 5.78 Å². The summed E-state index contributed by atoms with van der Waals surface area (Å²) in [5, 5.41) is 14.2. The Morgan fingerprint density at radius 3 is 1.09 bits per heavy atom. The summed E-state index contributed by atoms with van der Waals surface area (Å²) in [4.78, 5) is 9.44. The van der Waals surface area contributed by atoms with Crippen molar-refractivity contribution in [1.29, 1.82) is 0 Å². The quantitative estimate of drug-likeness (QED) is 0.341. The van der Waals surface area contributed by atoms with Gasteiger partial charge in [0.05, 0.1) is 0 Å². The Bertz CT molecular complexity index is 557. The van der Waals surface area contributed by atoms with Gasteiger partial charge in [-0.3, -0.25) is 0 Å². The van der Waals surface area contributed by atoms with Crippen molar-refractivity contribution in [1.82, 2.24) is 0 Å². The number of benzene rings is 2. The van der Waals surface area contributed by atoms with Crippen molar-refractivity contribution in [2.45, 2.75) is 90.7 Å². The summed E-state index contributed by atoms with van der Waals surface area (Å²) in [6.07, 6.45) is -0.167. The van der Waals surface area contributed by atoms with Crippen molar-refractivity contribution in [3.05, 3.63) is 67.6 Å². The Kier molecular flexibility index (Phi) is 68.4. The molecule has 5 heteroatoms. The molecule has 0 aliphatic heterocycles. The Hall–Kier alpha value is -0.694. The van der Waals surface area contributed by atoms with E-state index in [4.69, 9.17) is 5.11 Å². The van der Waals surface area contributed by atoms with E-state index in [1.807, 2.05) is 44.4 Å². The molecular formula is C29H61KN2O2. The Morgan fingerprint density at radius 2 is 0.941 bits per heavy atom. The summed E-state index contributed by atoms with van der Waals surface area (Å²) in [6.45, 7) is 10.9. The van der Waals surface area contributed by atoms with Crippen LogP contribution in [0.5, 0.6) is 0 Å². The van der Waals surface area contributed by atoms with Crippen LogP contribution >= 0.6 is 0 Å². The number of rotatable bonds is 3. The molecule has 0 spiro atoms. The molecule has 0 fully saturated rings. The van der Waals surface area contributed by atoms with Crippen molar-refractivity contribution in [2.75, 3.05) is 24.7 Å². The van der Waals surface area contributed by atoms with Crippen LogP contribution in [0.3, 0.4) is 0 Å². The molecule has 0 heterocycles. The first-order valence-electron chi connectivity index (χ1n) is 9.29. The van der Waals surface area contributed by atoms with Gasteiger partial charge in [-0.1, -0.05) is 81.3 Å². The van der Waals surface area contributed by atoms with E-state index in [2.05, 4.69) is 48.7 Å². The average Bonchev–Trinajstić information content (AvgIpc) is 2.62. The van der Waals surface area contributed by atoms with E-state index >= 15 is 0 Å². The fraction of sp³-hybridized carbons (Fsp3) is 0.517. The fourth-order valence-corrected chi connectivity index (χ4v) is 1.64. The van der Waals surface area contributed by atoms with Crippen LogP contribution < -0.4 is 62.0 Å². The van der Waals surface area contributed by atoms with Crippen molar-refractivity contribution in [3.63, 3.8) is 0 Å². The van der Waals surface area contributed by atoms with Crippen LogP contribution in [0.25, 0.3) is 0 Å². The third-order valence-electron chi connectivity index (χ3n) is 2.93. The summed E-state index contributed by atoms with van der Waals surface area (Å²) in [5.41, 5.74) is 3.69. The number of carbonyl (C=O) groups is 1. The smallest absolute Gasteiger partial charge is 0.394 e. The maximum absolute atomic E-state index is 9.44. The van der Waals surface area contributed by atoms with E-state index < -0.39 is 0 Å². The monoisotopic (exact) mass is 508 g/mol. The largest absolute Gasteiger partial charge is 1.00 e. The zero-order valence-corrected chi connectivity index (χ0v) is 23.3. The minimum absolute atomic E-state index is 0. The Balaban J connectivity index is -0.0000000349. The van der Waals surface area contributed by atoms with Gasteiger partial charge >= 0.3 is 51.4 Å². The maximum Gasteiger partial charge on any atom is 1.00 e. The predicted molar refractivity (Wildman–Crippen MR) is 160 cm³/mol. The number of Topliss-reactive ketones (excluding diaryl/α,β-unsaturated/α-hetero) is 1. The maximum atomic E-state index is 9.44. The van der Waals surface area contributed by atoms with Crippen LogP contribution in [0.15, 0.2) is 54.6 Å². The molecule has 0 radical (unpaired) electrons. The van der Waals surface area contributed by atoms with Crippen LogP contribution in [-0.2, 0) is 4.79 Å². The molecule has 4 nitrogen and oxygen atoms in total. The van der Waals surface area contributed by atoms with Crippen LogP contribution in [0.2, 0.25) is 0 Å². The molecular weight excluding hydrogens is 447 g/mol. The molecule has 0 unspecified atom stereocenters. The summed E-state index contributed by atoms with van der Waals surface area (Å²) in [6, 6.07) is 18.7. The Morgan fingerprint density at radius 1 is 0.706 bits per heavy atom. The molecule has 2 aromatic carbocycles. The first-order valence-corrected chi connectivity index (χ1v) is 9.29. The molecule has 200 valence electrons. The van der Waals surface area contributed by atoms with Gasteiger partial charge < -0.3 is 28.0 Å². The minimum Gasteiger partial charge on any atom is -0.394 e. The third-order valence-corrected chi connectivity index (χ3v) is 2.93. The summed E-state index contributed by atoms with van der Waals surface area (Å²) in [7, 11) is 3.82. The molecule has 3 N–H and O–H groups in total. The van der Waals surface area contributed by atoms with Crippen LogP contribution in [0.4, 0.5) is 11.4 Å². The second-order valence-electron chi connectivity index (χ2n) is 6.64. The van der Waals surface area contributed by atoms with E-state index in [0.29, 0.717) is 5.92 Å². The van der Waals surface area contributed by atoms with E-state index in [0.717, 1.165) is 11.4 Å². The minimum atomic E-state index is -0.167. The number of carbonyl (C=O) groups excluding carboxylic acids is 1. The first-order chi connectivity index (χ1) is 12.6. The third kappa shape index (κ3) is 44.9. The standard InChI is InChI=1S/C9H12.C8H12N2.C3H8O.C3H6O.5CH4.CH3.K/c1-8(2)9-6-4-3-5-7-9;1-9-7-3-5-8(10-2)6-4-7;2*1-3(2)4;;;;;;;/h3-8H,1-2H3;3-6,9-10H,1-2H3;3-4H,1-2H3;1-2H3;5*1H4;1H3;/q;;;;;;;;;-1;+1. The van der Waals surface area contributed by atoms with Gasteiger partial charge in [-0.05, 0) is 63.4 Å². The molecule has 2 rings (SSSR count). The van der Waals surface area contributed by atoms with Gasteiger partial charge in [0.2, 0.25) is 0 Å². The second kappa shape index (κ2) is 39.5. The van der Waals surface area contributed by atoms with Crippen LogP contribution in [0, 0.1) is 7.43 Å². The molecule has 0 aliphatic carbocycles. The van der Waals surface area contributed by atoms with E-state index in [9.17, 15) is 4.79 Å². The molecule has 2 aromatic rings. The zero-order valence-electron chi connectivity index (χ0n) is 20.2. The molecule has 0 bridgehead atoms. The first kappa shape index (κ1) is 58.8. The second-order valence-corrected chi connectivity index (χ2v) is 6.64. The summed E-state index contributed by atoms with van der Waals surface area (Å²) in [5.74, 6) is 0.825. The number of hydrogen-bond donors (Lipinski definition) is 3. The SMILES string of the molecule is C.C.C.C.C.CC(C)=O.CC(C)O.CC(C)c1ccccc1.CNc1ccc(NC)cc1.[CH3-].[K+]. The molecule has 0 atom stereocenters. The van der Waals surface area contributed by atoms with Gasteiger partial charge in [0.15, 0.2) is 0 Å². The number of anilines is 2. The van der Waals surface area contributed by atoms with E-state index in [-0.39, 0.29) is 108 Å². The van der Waals surface area contributed by atoms with Gasteiger partial charge in [-0.2, -0.15) is 0 Å². The molecule has 0 saturated heterocycles. The Labute approximate surface area is 259 Å². The fourth-order valence-electron chi connectivity index (χ4n) is 1.64. The zero-order chi connectivity index (χ0) is 21.2.